The van der Waals surface area contributed by atoms with Crippen LogP contribution in [0.3, 0.4) is 0 Å². The highest BCUT2D eigenvalue weighted by Crippen LogP contribution is 2.35. The Morgan fingerprint density at radius 3 is 2.71 bits per heavy atom. The Balaban J connectivity index is 2.27. The van der Waals surface area contributed by atoms with Crippen LogP contribution in [0, 0.1) is 10.1 Å². The number of amides is 1. The third-order valence-corrected chi connectivity index (χ3v) is 3.15. The van der Waals surface area contributed by atoms with Gasteiger partial charge in [0.15, 0.2) is 0 Å². The zero-order valence-corrected chi connectivity index (χ0v) is 9.95. The summed E-state index contributed by atoms with van der Waals surface area (Å²) >= 11 is 5.86. The van der Waals surface area contributed by atoms with Crippen molar-refractivity contribution >= 4 is 23.2 Å². The molecule has 1 aliphatic carbocycles. The average Bonchev–Trinajstić information content (AvgIpc) is 2.96. The molecule has 5 nitrogen and oxygen atoms in total. The van der Waals surface area contributed by atoms with Crippen LogP contribution >= 0.6 is 11.6 Å². The molecule has 0 bridgehead atoms. The lowest BCUT2D eigenvalue weighted by Crippen LogP contribution is -2.34. The zero-order chi connectivity index (χ0) is 12.6. The summed E-state index contributed by atoms with van der Waals surface area (Å²) in [6.45, 7) is 1.93. The van der Waals surface area contributed by atoms with E-state index in [1.165, 1.54) is 18.2 Å². The van der Waals surface area contributed by atoms with E-state index in [0.717, 1.165) is 12.8 Å². The fourth-order valence-corrected chi connectivity index (χ4v) is 1.66. The first-order chi connectivity index (χ1) is 7.91. The van der Waals surface area contributed by atoms with Gasteiger partial charge in [0.25, 0.3) is 11.6 Å². The molecule has 0 heterocycles. The molecule has 1 N–H and O–H groups in total. The number of halogens is 1. The third kappa shape index (κ3) is 2.55. The summed E-state index contributed by atoms with van der Waals surface area (Å²) in [5, 5.41) is 13.6. The van der Waals surface area contributed by atoms with Gasteiger partial charge >= 0.3 is 0 Å². The molecule has 1 aromatic carbocycles. The predicted molar refractivity (Wildman–Crippen MR) is 63.2 cm³/mol. The van der Waals surface area contributed by atoms with Crippen molar-refractivity contribution in [2.24, 2.45) is 0 Å². The normalized spacial score (nSPS) is 16.4. The van der Waals surface area contributed by atoms with Gasteiger partial charge in [-0.25, -0.2) is 0 Å². The molecule has 2 rings (SSSR count). The lowest BCUT2D eigenvalue weighted by molar-refractivity contribution is -0.384. The van der Waals surface area contributed by atoms with Crippen molar-refractivity contribution < 1.29 is 9.72 Å². The molecule has 1 aromatic rings. The average molecular weight is 255 g/mol. The van der Waals surface area contributed by atoms with Gasteiger partial charge in [0.05, 0.1) is 15.5 Å². The highest BCUT2D eigenvalue weighted by molar-refractivity contribution is 6.34. The number of benzene rings is 1. The first-order valence-electron chi connectivity index (χ1n) is 5.18. The van der Waals surface area contributed by atoms with E-state index in [0.29, 0.717) is 0 Å². The molecule has 0 atom stereocenters. The number of hydrogen-bond acceptors (Lipinski definition) is 3. The Morgan fingerprint density at radius 1 is 1.53 bits per heavy atom. The van der Waals surface area contributed by atoms with Crippen molar-refractivity contribution in [2.75, 3.05) is 0 Å². The van der Waals surface area contributed by atoms with Crippen LogP contribution in [0.5, 0.6) is 0 Å². The molecular formula is C11H11ClN2O3. The van der Waals surface area contributed by atoms with E-state index in [4.69, 9.17) is 11.6 Å². The highest BCUT2D eigenvalue weighted by atomic mass is 35.5. The largest absolute Gasteiger partial charge is 0.347 e. The van der Waals surface area contributed by atoms with E-state index in [-0.39, 0.29) is 27.7 Å². The standard InChI is InChI=1S/C11H11ClN2O3/c1-11(4-5-11)13-10(15)8-6-7(14(16)17)2-3-9(8)12/h2-3,6H,4-5H2,1H3,(H,13,15). The Morgan fingerprint density at radius 2 is 2.18 bits per heavy atom. The van der Waals surface area contributed by atoms with Crippen molar-refractivity contribution in [1.82, 2.24) is 5.32 Å². The van der Waals surface area contributed by atoms with E-state index in [1.807, 2.05) is 6.92 Å². The number of hydrogen-bond donors (Lipinski definition) is 1. The Kier molecular flexibility index (Phi) is 2.79. The van der Waals surface area contributed by atoms with E-state index >= 15 is 0 Å². The summed E-state index contributed by atoms with van der Waals surface area (Å²) in [6.07, 6.45) is 1.84. The van der Waals surface area contributed by atoms with Crippen LogP contribution in [0.2, 0.25) is 5.02 Å². The number of nitrogens with zero attached hydrogens (tertiary/aromatic N) is 1. The van der Waals surface area contributed by atoms with Crippen molar-refractivity contribution in [3.63, 3.8) is 0 Å². The summed E-state index contributed by atoms with van der Waals surface area (Å²) in [6, 6.07) is 3.84. The van der Waals surface area contributed by atoms with Gasteiger partial charge in [-0.05, 0) is 25.8 Å². The Hall–Kier alpha value is -1.62. The number of nitro benzene ring substituents is 1. The number of rotatable bonds is 3. The lowest BCUT2D eigenvalue weighted by Gasteiger charge is -2.12. The summed E-state index contributed by atoms with van der Waals surface area (Å²) < 4.78 is 0. The molecule has 1 fully saturated rings. The second kappa shape index (κ2) is 4.00. The number of carbonyl (C=O) groups excluding carboxylic acids is 1. The molecule has 1 aliphatic rings. The van der Waals surface area contributed by atoms with Crippen molar-refractivity contribution in [3.8, 4) is 0 Å². The van der Waals surface area contributed by atoms with Crippen molar-refractivity contribution in [2.45, 2.75) is 25.3 Å². The molecule has 90 valence electrons. The van der Waals surface area contributed by atoms with E-state index < -0.39 is 4.92 Å². The first kappa shape index (κ1) is 11.9. The van der Waals surface area contributed by atoms with Crippen LogP contribution in [0.4, 0.5) is 5.69 Å². The van der Waals surface area contributed by atoms with Gasteiger partial charge in [0.2, 0.25) is 0 Å². The van der Waals surface area contributed by atoms with Crippen LogP contribution in [0.25, 0.3) is 0 Å². The molecule has 17 heavy (non-hydrogen) atoms. The fraction of sp³-hybridized carbons (Fsp3) is 0.364. The van der Waals surface area contributed by atoms with Crippen molar-refractivity contribution in [1.29, 1.82) is 0 Å². The molecular weight excluding hydrogens is 244 g/mol. The number of nitro groups is 1. The highest BCUT2D eigenvalue weighted by Gasteiger charge is 2.39. The predicted octanol–water partition coefficient (Wildman–Crippen LogP) is 2.53. The van der Waals surface area contributed by atoms with E-state index in [9.17, 15) is 14.9 Å². The molecule has 0 spiro atoms. The number of non-ortho nitro benzene ring substituents is 1. The van der Waals surface area contributed by atoms with Gasteiger partial charge in [0.1, 0.15) is 0 Å². The maximum absolute atomic E-state index is 11.9. The van der Waals surface area contributed by atoms with Crippen LogP contribution in [0.1, 0.15) is 30.1 Å². The van der Waals surface area contributed by atoms with Crippen molar-refractivity contribution in [3.05, 3.63) is 38.9 Å². The minimum atomic E-state index is -0.550. The smallest absolute Gasteiger partial charge is 0.270 e. The minimum absolute atomic E-state index is 0.138. The van der Waals surface area contributed by atoms with Crippen LogP contribution in [-0.2, 0) is 0 Å². The molecule has 0 unspecified atom stereocenters. The monoisotopic (exact) mass is 254 g/mol. The zero-order valence-electron chi connectivity index (χ0n) is 9.20. The second-order valence-electron chi connectivity index (χ2n) is 4.44. The van der Waals surface area contributed by atoms with E-state index in [2.05, 4.69) is 5.32 Å². The molecule has 1 saturated carbocycles. The molecule has 0 aromatic heterocycles. The van der Waals surface area contributed by atoms with Gasteiger partial charge in [-0.1, -0.05) is 11.6 Å². The second-order valence-corrected chi connectivity index (χ2v) is 4.84. The van der Waals surface area contributed by atoms with Gasteiger partial charge in [-0.15, -0.1) is 0 Å². The third-order valence-electron chi connectivity index (χ3n) is 2.82. The lowest BCUT2D eigenvalue weighted by atomic mass is 10.1. The molecule has 1 amide bonds. The summed E-state index contributed by atoms with van der Waals surface area (Å²) in [5.74, 6) is -0.362. The first-order valence-corrected chi connectivity index (χ1v) is 5.55. The van der Waals surface area contributed by atoms with Crippen LogP contribution in [-0.4, -0.2) is 16.4 Å². The van der Waals surface area contributed by atoms with Gasteiger partial charge in [-0.3, -0.25) is 14.9 Å². The van der Waals surface area contributed by atoms with Gasteiger partial charge in [-0.2, -0.15) is 0 Å². The van der Waals surface area contributed by atoms with Gasteiger partial charge in [0, 0.05) is 17.7 Å². The van der Waals surface area contributed by atoms with Gasteiger partial charge < -0.3 is 5.32 Å². The Bertz CT molecular complexity index is 497. The topological polar surface area (TPSA) is 72.2 Å². The fourth-order valence-electron chi connectivity index (χ4n) is 1.45. The minimum Gasteiger partial charge on any atom is -0.347 e. The summed E-state index contributed by atoms with van der Waals surface area (Å²) in [5.41, 5.74) is -0.167. The maximum atomic E-state index is 11.9. The molecule has 6 heteroatoms. The quantitative estimate of drug-likeness (QED) is 0.665. The van der Waals surface area contributed by atoms with E-state index in [1.54, 1.807) is 0 Å². The van der Waals surface area contributed by atoms with Crippen LogP contribution < -0.4 is 5.32 Å². The summed E-state index contributed by atoms with van der Waals surface area (Å²) in [4.78, 5) is 21.9. The molecule has 0 aliphatic heterocycles. The SMILES string of the molecule is CC1(NC(=O)c2cc([N+](=O)[O-])ccc2Cl)CC1. The number of nitrogens with one attached hydrogen (secondary N) is 1. The molecule has 0 radical (unpaired) electrons. The Labute approximate surface area is 103 Å². The molecule has 0 saturated heterocycles. The maximum Gasteiger partial charge on any atom is 0.270 e. The number of carbonyl (C=O) groups is 1. The summed E-state index contributed by atoms with van der Waals surface area (Å²) in [7, 11) is 0. The van der Waals surface area contributed by atoms with Crippen LogP contribution in [0.15, 0.2) is 18.2 Å².